The molecule has 0 fully saturated rings. The summed E-state index contributed by atoms with van der Waals surface area (Å²) in [6.45, 7) is 3.88. The fourth-order valence-corrected chi connectivity index (χ4v) is 1.26. The number of hydrogen-bond donors (Lipinski definition) is 2. The first-order valence-corrected chi connectivity index (χ1v) is 4.75. The van der Waals surface area contributed by atoms with Crippen LogP contribution in [-0.4, -0.2) is 24.5 Å². The van der Waals surface area contributed by atoms with Gasteiger partial charge in [0.05, 0.1) is 5.56 Å². The third-order valence-corrected chi connectivity index (χ3v) is 2.06. The molecular weight excluding hydrogens is 178 g/mol. The van der Waals surface area contributed by atoms with Crippen molar-refractivity contribution in [1.82, 2.24) is 5.32 Å². The van der Waals surface area contributed by atoms with Gasteiger partial charge in [0.15, 0.2) is 6.29 Å². The highest BCUT2D eigenvalue weighted by atomic mass is 16.3. The number of carbonyl (C=O) groups is 1. The molecular formula is C11H15NO2. The minimum Gasteiger partial charge on any atom is -0.507 e. The maximum Gasteiger partial charge on any atom is 0.153 e. The Balaban J connectivity index is 2.64. The van der Waals surface area contributed by atoms with E-state index in [1.165, 1.54) is 0 Å². The first-order valence-electron chi connectivity index (χ1n) is 4.75. The molecule has 3 heteroatoms. The third kappa shape index (κ3) is 2.85. The first kappa shape index (κ1) is 10.7. The van der Waals surface area contributed by atoms with Gasteiger partial charge in [0.1, 0.15) is 5.75 Å². The highest BCUT2D eigenvalue weighted by Gasteiger charge is 2.00. The topological polar surface area (TPSA) is 49.3 Å². The summed E-state index contributed by atoms with van der Waals surface area (Å²) in [6, 6.07) is 5.12. The second-order valence-electron chi connectivity index (χ2n) is 3.11. The zero-order chi connectivity index (χ0) is 10.4. The van der Waals surface area contributed by atoms with Crippen molar-refractivity contribution in [3.8, 4) is 5.75 Å². The van der Waals surface area contributed by atoms with E-state index in [1.807, 2.05) is 13.0 Å². The van der Waals surface area contributed by atoms with E-state index in [9.17, 15) is 9.90 Å². The number of nitrogens with one attached hydrogen (secondary N) is 1. The van der Waals surface area contributed by atoms with Gasteiger partial charge >= 0.3 is 0 Å². The van der Waals surface area contributed by atoms with Gasteiger partial charge in [0.25, 0.3) is 0 Å². The Hall–Kier alpha value is -1.35. The summed E-state index contributed by atoms with van der Waals surface area (Å²) in [7, 11) is 0. The lowest BCUT2D eigenvalue weighted by molar-refractivity contribution is 0.112. The minimum absolute atomic E-state index is 0.0483. The Bertz CT molecular complexity index is 310. The zero-order valence-electron chi connectivity index (χ0n) is 8.29. The van der Waals surface area contributed by atoms with Gasteiger partial charge in [0.2, 0.25) is 0 Å². The van der Waals surface area contributed by atoms with Crippen molar-refractivity contribution < 1.29 is 9.90 Å². The minimum atomic E-state index is 0.0483. The number of likely N-dealkylation sites (N-methyl/N-ethyl adjacent to an activating group) is 1. The number of phenolic OH excluding ortho intramolecular Hbond substituents is 1. The van der Waals surface area contributed by atoms with Gasteiger partial charge in [-0.3, -0.25) is 4.79 Å². The summed E-state index contributed by atoms with van der Waals surface area (Å²) in [5, 5.41) is 12.5. The van der Waals surface area contributed by atoms with Crippen molar-refractivity contribution in [2.24, 2.45) is 0 Å². The molecule has 0 radical (unpaired) electrons. The average molecular weight is 193 g/mol. The van der Waals surface area contributed by atoms with Crippen molar-refractivity contribution in [1.29, 1.82) is 0 Å². The number of carbonyl (C=O) groups excluding carboxylic acids is 1. The van der Waals surface area contributed by atoms with E-state index in [-0.39, 0.29) is 5.75 Å². The van der Waals surface area contributed by atoms with E-state index in [0.717, 1.165) is 25.1 Å². The second kappa shape index (κ2) is 5.40. The molecule has 0 aromatic heterocycles. The van der Waals surface area contributed by atoms with Crippen LogP contribution in [0.1, 0.15) is 22.8 Å². The summed E-state index contributed by atoms with van der Waals surface area (Å²) in [4.78, 5) is 10.5. The largest absolute Gasteiger partial charge is 0.507 e. The summed E-state index contributed by atoms with van der Waals surface area (Å²) in [6.07, 6.45) is 1.54. The molecule has 14 heavy (non-hydrogen) atoms. The number of benzene rings is 1. The van der Waals surface area contributed by atoms with Crippen molar-refractivity contribution in [2.75, 3.05) is 13.1 Å². The van der Waals surface area contributed by atoms with Crippen LogP contribution in [0.2, 0.25) is 0 Å². The molecule has 3 nitrogen and oxygen atoms in total. The van der Waals surface area contributed by atoms with Crippen molar-refractivity contribution >= 4 is 6.29 Å². The second-order valence-corrected chi connectivity index (χ2v) is 3.11. The molecule has 1 aromatic carbocycles. The SMILES string of the molecule is CCNCCc1ccc(O)c(C=O)c1. The molecule has 0 saturated carbocycles. The highest BCUT2D eigenvalue weighted by Crippen LogP contribution is 2.16. The van der Waals surface area contributed by atoms with Gasteiger partial charge in [-0.15, -0.1) is 0 Å². The quantitative estimate of drug-likeness (QED) is 0.548. The standard InChI is InChI=1S/C11H15NO2/c1-2-12-6-5-9-3-4-11(14)10(7-9)8-13/h3-4,7-8,12,14H,2,5-6H2,1H3. The fraction of sp³-hybridized carbons (Fsp3) is 0.364. The Morgan fingerprint density at radius 1 is 1.50 bits per heavy atom. The van der Waals surface area contributed by atoms with Crippen molar-refractivity contribution in [3.05, 3.63) is 29.3 Å². The van der Waals surface area contributed by atoms with Crippen molar-refractivity contribution in [3.63, 3.8) is 0 Å². The van der Waals surface area contributed by atoms with E-state index in [0.29, 0.717) is 11.8 Å². The van der Waals surface area contributed by atoms with Gasteiger partial charge < -0.3 is 10.4 Å². The molecule has 0 spiro atoms. The summed E-state index contributed by atoms with van der Waals surface area (Å²) in [5.41, 5.74) is 1.42. The van der Waals surface area contributed by atoms with E-state index >= 15 is 0 Å². The molecule has 2 N–H and O–H groups in total. The fourth-order valence-electron chi connectivity index (χ4n) is 1.26. The number of hydrogen-bond acceptors (Lipinski definition) is 3. The summed E-state index contributed by atoms with van der Waals surface area (Å²) >= 11 is 0. The molecule has 0 bridgehead atoms. The van der Waals surface area contributed by atoms with Gasteiger partial charge in [-0.2, -0.15) is 0 Å². The molecule has 76 valence electrons. The Kier molecular flexibility index (Phi) is 4.13. The maximum absolute atomic E-state index is 10.5. The van der Waals surface area contributed by atoms with E-state index in [2.05, 4.69) is 5.32 Å². The molecule has 1 rings (SSSR count). The zero-order valence-corrected chi connectivity index (χ0v) is 8.29. The van der Waals surface area contributed by atoms with Crippen LogP contribution in [0.3, 0.4) is 0 Å². The summed E-state index contributed by atoms with van der Waals surface area (Å²) in [5.74, 6) is 0.0483. The lowest BCUT2D eigenvalue weighted by atomic mass is 10.1. The molecule has 0 saturated heterocycles. The molecule has 0 amide bonds. The predicted octanol–water partition coefficient (Wildman–Crippen LogP) is 1.36. The smallest absolute Gasteiger partial charge is 0.153 e. The van der Waals surface area contributed by atoms with Crippen LogP contribution in [0.15, 0.2) is 18.2 Å². The Morgan fingerprint density at radius 3 is 2.93 bits per heavy atom. The molecule has 0 atom stereocenters. The lowest BCUT2D eigenvalue weighted by Gasteiger charge is -2.04. The number of aromatic hydroxyl groups is 1. The van der Waals surface area contributed by atoms with Crippen LogP contribution in [0.5, 0.6) is 5.75 Å². The highest BCUT2D eigenvalue weighted by molar-refractivity contribution is 5.79. The number of phenols is 1. The molecule has 1 aromatic rings. The van der Waals surface area contributed by atoms with Gasteiger partial charge in [0, 0.05) is 0 Å². The predicted molar refractivity (Wildman–Crippen MR) is 55.7 cm³/mol. The van der Waals surface area contributed by atoms with Crippen LogP contribution in [0.25, 0.3) is 0 Å². The van der Waals surface area contributed by atoms with Crippen LogP contribution < -0.4 is 5.32 Å². The van der Waals surface area contributed by atoms with E-state index < -0.39 is 0 Å². The maximum atomic E-state index is 10.5. The van der Waals surface area contributed by atoms with E-state index in [4.69, 9.17) is 0 Å². The molecule has 0 unspecified atom stereocenters. The van der Waals surface area contributed by atoms with Gasteiger partial charge in [-0.25, -0.2) is 0 Å². The van der Waals surface area contributed by atoms with Crippen LogP contribution in [0, 0.1) is 0 Å². The van der Waals surface area contributed by atoms with Crippen LogP contribution >= 0.6 is 0 Å². The lowest BCUT2D eigenvalue weighted by Crippen LogP contribution is -2.16. The summed E-state index contributed by atoms with van der Waals surface area (Å²) < 4.78 is 0. The van der Waals surface area contributed by atoms with Crippen LogP contribution in [-0.2, 0) is 6.42 Å². The van der Waals surface area contributed by atoms with Gasteiger partial charge in [-0.1, -0.05) is 13.0 Å². The van der Waals surface area contributed by atoms with Crippen molar-refractivity contribution in [2.45, 2.75) is 13.3 Å². The van der Waals surface area contributed by atoms with Gasteiger partial charge in [-0.05, 0) is 37.2 Å². The number of aldehydes is 1. The Morgan fingerprint density at radius 2 is 2.29 bits per heavy atom. The molecule has 0 aliphatic rings. The molecule has 0 heterocycles. The average Bonchev–Trinajstić information content (AvgIpc) is 2.21. The monoisotopic (exact) mass is 193 g/mol. The third-order valence-electron chi connectivity index (χ3n) is 2.06. The first-order chi connectivity index (χ1) is 6.77. The normalized spacial score (nSPS) is 10.1. The molecule has 0 aliphatic carbocycles. The number of rotatable bonds is 5. The van der Waals surface area contributed by atoms with Crippen LogP contribution in [0.4, 0.5) is 0 Å². The molecule has 0 aliphatic heterocycles. The van der Waals surface area contributed by atoms with E-state index in [1.54, 1.807) is 12.1 Å². The Labute approximate surface area is 83.8 Å².